The number of amides is 3. The molecule has 5 rings (SSSR count). The summed E-state index contributed by atoms with van der Waals surface area (Å²) in [5.74, 6) is -0.752. The van der Waals surface area contributed by atoms with Crippen molar-refractivity contribution >= 4 is 29.2 Å². The molecule has 0 unspecified atom stereocenters. The van der Waals surface area contributed by atoms with Crippen molar-refractivity contribution in [2.24, 2.45) is 5.92 Å². The molecule has 2 aromatic rings. The van der Waals surface area contributed by atoms with Crippen molar-refractivity contribution in [2.45, 2.75) is 51.3 Å². The molecule has 1 N–H and O–H groups in total. The standard InChI is InChI=1S/C27H29N3O5/c1-17(20-8-9-20)30(14-19-6-4-3-5-7-19)25(33)15-29-16-35-27(26(29)34)23-11-10-22(28-18(2)31)12-21(23)13-24(27)32/h3-7,10-12,17,20H,8-9,13-16H2,1-2H3,(H,28,31)/t17-,27+/m0/s1. The zero-order valence-electron chi connectivity index (χ0n) is 20.0. The van der Waals surface area contributed by atoms with Gasteiger partial charge in [-0.05, 0) is 48.9 Å². The number of anilines is 1. The van der Waals surface area contributed by atoms with Crippen molar-refractivity contribution in [3.8, 4) is 0 Å². The van der Waals surface area contributed by atoms with Gasteiger partial charge < -0.3 is 19.9 Å². The molecule has 2 atom stereocenters. The Morgan fingerprint density at radius 2 is 1.91 bits per heavy atom. The summed E-state index contributed by atoms with van der Waals surface area (Å²) in [5.41, 5.74) is 1.02. The number of rotatable bonds is 7. The van der Waals surface area contributed by atoms with Crippen LogP contribution in [0.4, 0.5) is 5.69 Å². The number of carbonyl (C=O) groups is 4. The average molecular weight is 476 g/mol. The van der Waals surface area contributed by atoms with Crippen LogP contribution in [-0.2, 0) is 42.5 Å². The second-order valence-corrected chi connectivity index (χ2v) is 9.70. The van der Waals surface area contributed by atoms with Gasteiger partial charge in [0.1, 0.15) is 13.3 Å². The largest absolute Gasteiger partial charge is 0.334 e. The van der Waals surface area contributed by atoms with Crippen LogP contribution in [-0.4, -0.2) is 52.6 Å². The maximum absolute atomic E-state index is 13.5. The first-order valence-electron chi connectivity index (χ1n) is 12.0. The molecule has 2 aliphatic carbocycles. The van der Waals surface area contributed by atoms with E-state index in [0.29, 0.717) is 29.3 Å². The summed E-state index contributed by atoms with van der Waals surface area (Å²) in [6, 6.07) is 14.9. The van der Waals surface area contributed by atoms with Crippen molar-refractivity contribution < 1.29 is 23.9 Å². The first kappa shape index (κ1) is 23.2. The Bertz CT molecular complexity index is 1190. The van der Waals surface area contributed by atoms with Crippen LogP contribution >= 0.6 is 0 Å². The summed E-state index contributed by atoms with van der Waals surface area (Å²) in [7, 11) is 0. The molecule has 0 bridgehead atoms. The van der Waals surface area contributed by atoms with Gasteiger partial charge in [0, 0.05) is 37.2 Å². The molecule has 1 saturated heterocycles. The summed E-state index contributed by atoms with van der Waals surface area (Å²) >= 11 is 0. The number of hydrogen-bond donors (Lipinski definition) is 1. The Kier molecular flexibility index (Phi) is 5.92. The van der Waals surface area contributed by atoms with Crippen LogP contribution in [0.15, 0.2) is 48.5 Å². The Morgan fingerprint density at radius 1 is 1.17 bits per heavy atom. The number of ketones is 1. The van der Waals surface area contributed by atoms with Gasteiger partial charge in [0.05, 0.1) is 0 Å². The molecule has 1 aliphatic heterocycles. The molecule has 1 spiro atoms. The maximum atomic E-state index is 13.5. The third-order valence-corrected chi connectivity index (χ3v) is 7.21. The Labute approximate surface area is 204 Å². The fourth-order valence-corrected chi connectivity index (χ4v) is 5.17. The Hall–Kier alpha value is -3.52. The monoisotopic (exact) mass is 475 g/mol. The van der Waals surface area contributed by atoms with E-state index in [-0.39, 0.29) is 43.3 Å². The van der Waals surface area contributed by atoms with Crippen molar-refractivity contribution in [2.75, 3.05) is 18.6 Å². The summed E-state index contributed by atoms with van der Waals surface area (Å²) < 4.78 is 5.87. The second kappa shape index (κ2) is 8.92. The van der Waals surface area contributed by atoms with Gasteiger partial charge in [0.15, 0.2) is 5.78 Å². The molecule has 2 fully saturated rings. The van der Waals surface area contributed by atoms with Crippen LogP contribution in [0.1, 0.15) is 43.4 Å². The smallest absolute Gasteiger partial charge is 0.269 e. The lowest BCUT2D eigenvalue weighted by atomic mass is 9.94. The Balaban J connectivity index is 1.35. The number of Topliss-reactive ketones (excluding diaryl/α,β-unsaturated/α-hetero) is 1. The predicted octanol–water partition coefficient (Wildman–Crippen LogP) is 2.61. The number of nitrogens with zero attached hydrogens (tertiary/aromatic N) is 2. The molecule has 3 amide bonds. The molecule has 8 heteroatoms. The zero-order chi connectivity index (χ0) is 24.7. The van der Waals surface area contributed by atoms with Gasteiger partial charge in [-0.25, -0.2) is 0 Å². The van der Waals surface area contributed by atoms with Crippen LogP contribution in [0.3, 0.4) is 0 Å². The normalized spacial score (nSPS) is 21.8. The highest BCUT2D eigenvalue weighted by atomic mass is 16.5. The molecule has 0 aromatic heterocycles. The van der Waals surface area contributed by atoms with E-state index in [2.05, 4.69) is 12.2 Å². The minimum atomic E-state index is -1.71. The first-order valence-corrected chi connectivity index (χ1v) is 12.0. The minimum absolute atomic E-state index is 0.0368. The number of carbonyl (C=O) groups excluding carboxylic acids is 4. The molecule has 1 heterocycles. The van der Waals surface area contributed by atoms with E-state index < -0.39 is 11.5 Å². The highest BCUT2D eigenvalue weighted by molar-refractivity contribution is 6.15. The molecule has 2 aromatic carbocycles. The topological polar surface area (TPSA) is 96.0 Å². The molecule has 35 heavy (non-hydrogen) atoms. The van der Waals surface area contributed by atoms with E-state index in [4.69, 9.17) is 4.74 Å². The van der Waals surface area contributed by atoms with Crippen molar-refractivity contribution in [1.82, 2.24) is 9.80 Å². The maximum Gasteiger partial charge on any atom is 0.269 e. The van der Waals surface area contributed by atoms with Crippen LogP contribution in [0, 0.1) is 5.92 Å². The molecule has 1 saturated carbocycles. The highest BCUT2D eigenvalue weighted by Gasteiger charge is 2.59. The van der Waals surface area contributed by atoms with E-state index in [1.54, 1.807) is 18.2 Å². The van der Waals surface area contributed by atoms with Gasteiger partial charge in [0.2, 0.25) is 17.4 Å². The first-order chi connectivity index (χ1) is 16.8. The van der Waals surface area contributed by atoms with E-state index in [0.717, 1.165) is 18.4 Å². The van der Waals surface area contributed by atoms with Gasteiger partial charge in [-0.15, -0.1) is 0 Å². The van der Waals surface area contributed by atoms with E-state index >= 15 is 0 Å². The lowest BCUT2D eigenvalue weighted by Crippen LogP contribution is -2.48. The van der Waals surface area contributed by atoms with E-state index in [1.165, 1.54) is 11.8 Å². The quantitative estimate of drug-likeness (QED) is 0.621. The molecule has 8 nitrogen and oxygen atoms in total. The second-order valence-electron chi connectivity index (χ2n) is 9.70. The lowest BCUT2D eigenvalue weighted by Gasteiger charge is -2.31. The SMILES string of the molecule is CC(=O)Nc1ccc2c(c1)CC(=O)[C@]21OCN(CC(=O)N(Cc2ccccc2)[C@@H](C)C2CC2)C1=O. The van der Waals surface area contributed by atoms with Crippen LogP contribution in [0.25, 0.3) is 0 Å². The van der Waals surface area contributed by atoms with Gasteiger partial charge >= 0.3 is 0 Å². The highest BCUT2D eigenvalue weighted by Crippen LogP contribution is 2.43. The fraction of sp³-hybridized carbons (Fsp3) is 0.407. The number of benzene rings is 2. The van der Waals surface area contributed by atoms with Gasteiger partial charge in [-0.3, -0.25) is 19.2 Å². The molecule has 182 valence electrons. The summed E-state index contributed by atoms with van der Waals surface area (Å²) in [6.45, 7) is 3.67. The summed E-state index contributed by atoms with van der Waals surface area (Å²) in [6.07, 6.45) is 2.23. The van der Waals surface area contributed by atoms with Gasteiger partial charge in [-0.1, -0.05) is 36.4 Å². The van der Waals surface area contributed by atoms with Crippen molar-refractivity contribution in [3.63, 3.8) is 0 Å². The number of ether oxygens (including phenoxy) is 1. The van der Waals surface area contributed by atoms with Crippen LogP contribution in [0.2, 0.25) is 0 Å². The van der Waals surface area contributed by atoms with Crippen LogP contribution in [0.5, 0.6) is 0 Å². The number of fused-ring (bicyclic) bond motifs is 2. The minimum Gasteiger partial charge on any atom is -0.334 e. The molecular weight excluding hydrogens is 446 g/mol. The van der Waals surface area contributed by atoms with E-state index in [1.807, 2.05) is 35.2 Å². The molecule has 3 aliphatic rings. The van der Waals surface area contributed by atoms with Crippen LogP contribution < -0.4 is 5.32 Å². The average Bonchev–Trinajstić information content (AvgIpc) is 3.58. The predicted molar refractivity (Wildman–Crippen MR) is 128 cm³/mol. The van der Waals surface area contributed by atoms with Gasteiger partial charge in [-0.2, -0.15) is 0 Å². The summed E-state index contributed by atoms with van der Waals surface area (Å²) in [5, 5.41) is 2.69. The van der Waals surface area contributed by atoms with Gasteiger partial charge in [0.25, 0.3) is 5.91 Å². The molecular formula is C27H29N3O5. The molecule has 0 radical (unpaired) electrons. The third-order valence-electron chi connectivity index (χ3n) is 7.21. The van der Waals surface area contributed by atoms with E-state index in [9.17, 15) is 19.2 Å². The lowest BCUT2D eigenvalue weighted by molar-refractivity contribution is -0.149. The fourth-order valence-electron chi connectivity index (χ4n) is 5.17. The zero-order valence-corrected chi connectivity index (χ0v) is 20.0. The van der Waals surface area contributed by atoms with Crippen molar-refractivity contribution in [3.05, 3.63) is 65.2 Å². The summed E-state index contributed by atoms with van der Waals surface area (Å²) in [4.78, 5) is 54.6. The number of nitrogens with one attached hydrogen (secondary N) is 1. The van der Waals surface area contributed by atoms with Crippen molar-refractivity contribution in [1.29, 1.82) is 0 Å². The Morgan fingerprint density at radius 3 is 2.60 bits per heavy atom. The number of hydrogen-bond acceptors (Lipinski definition) is 5. The third kappa shape index (κ3) is 4.23.